The molecule has 1 aromatic carbocycles. The molecule has 1 aliphatic heterocycles. The van der Waals surface area contributed by atoms with Crippen LogP contribution in [-0.4, -0.2) is 60.1 Å². The molecule has 1 saturated heterocycles. The zero-order valence-electron chi connectivity index (χ0n) is 22.0. The standard InChI is InChI=1S/C27H40BrN3O5S/c1-3-5-6-7-8-9-10-11-17-36-24(32)19-22-26(34)29-14-15-31(22)27(37)30-25(33)21-18-20(28)12-13-23(21)35-16-4-2/h12-13,18,22H,3-11,14-17,19H2,1-2H3,(H,29,34)(H,30,33,37). The summed E-state index contributed by atoms with van der Waals surface area (Å²) in [7, 11) is 0. The van der Waals surface area contributed by atoms with Crippen LogP contribution in [0.25, 0.3) is 0 Å². The second-order valence-corrected chi connectivity index (χ2v) is 10.5. The zero-order chi connectivity index (χ0) is 27.0. The molecule has 8 nitrogen and oxygen atoms in total. The number of halogens is 1. The number of nitrogens with one attached hydrogen (secondary N) is 2. The predicted octanol–water partition coefficient (Wildman–Crippen LogP) is 5.13. The summed E-state index contributed by atoms with van der Waals surface area (Å²) in [4.78, 5) is 39.7. The van der Waals surface area contributed by atoms with Gasteiger partial charge in [0.25, 0.3) is 5.91 Å². The fourth-order valence-corrected chi connectivity index (χ4v) is 4.73. The van der Waals surface area contributed by atoms with Crippen LogP contribution in [0.4, 0.5) is 0 Å². The second-order valence-electron chi connectivity index (χ2n) is 9.15. The lowest BCUT2D eigenvalue weighted by molar-refractivity contribution is -0.147. The van der Waals surface area contributed by atoms with Gasteiger partial charge in [-0.3, -0.25) is 19.7 Å². The summed E-state index contributed by atoms with van der Waals surface area (Å²) in [6.45, 7) is 5.74. The minimum Gasteiger partial charge on any atom is -0.493 e. The molecule has 10 heteroatoms. The number of ether oxygens (including phenoxy) is 2. The fourth-order valence-electron chi connectivity index (χ4n) is 4.05. The first-order chi connectivity index (χ1) is 17.9. The van der Waals surface area contributed by atoms with E-state index in [1.165, 1.54) is 32.1 Å². The molecular formula is C27H40BrN3O5S. The fraction of sp³-hybridized carbons (Fsp3) is 0.630. The van der Waals surface area contributed by atoms with Crippen LogP contribution in [0.3, 0.4) is 0 Å². The molecule has 0 radical (unpaired) electrons. The molecular weight excluding hydrogens is 558 g/mol. The van der Waals surface area contributed by atoms with Crippen LogP contribution in [0.5, 0.6) is 5.75 Å². The third-order valence-corrected chi connectivity index (χ3v) is 6.91. The van der Waals surface area contributed by atoms with Crippen molar-refractivity contribution in [1.29, 1.82) is 0 Å². The average molecular weight is 599 g/mol. The number of carbonyl (C=O) groups is 3. The Morgan fingerprint density at radius 1 is 1.08 bits per heavy atom. The van der Waals surface area contributed by atoms with E-state index in [1.54, 1.807) is 23.1 Å². The predicted molar refractivity (Wildman–Crippen MR) is 152 cm³/mol. The highest BCUT2D eigenvalue weighted by Crippen LogP contribution is 2.24. The molecule has 1 aliphatic rings. The van der Waals surface area contributed by atoms with Crippen molar-refractivity contribution in [2.45, 2.75) is 84.1 Å². The highest BCUT2D eigenvalue weighted by molar-refractivity contribution is 9.10. The van der Waals surface area contributed by atoms with Crippen LogP contribution in [0, 0.1) is 0 Å². The summed E-state index contributed by atoms with van der Waals surface area (Å²) in [6, 6.07) is 4.33. The van der Waals surface area contributed by atoms with Crippen LogP contribution < -0.4 is 15.4 Å². The van der Waals surface area contributed by atoms with E-state index in [1.807, 2.05) is 6.92 Å². The molecule has 2 N–H and O–H groups in total. The molecule has 1 unspecified atom stereocenters. The Kier molecular flexibility index (Phi) is 14.5. The SMILES string of the molecule is CCCCCCCCCCOC(=O)CC1C(=O)NCCN1C(=S)NC(=O)c1cc(Br)ccc1OCCC. The first-order valence-corrected chi connectivity index (χ1v) is 14.5. The summed E-state index contributed by atoms with van der Waals surface area (Å²) in [6.07, 6.45) is 9.90. The summed E-state index contributed by atoms with van der Waals surface area (Å²) in [5.74, 6) is -0.769. The maximum absolute atomic E-state index is 13.0. The lowest BCUT2D eigenvalue weighted by Crippen LogP contribution is -2.60. The van der Waals surface area contributed by atoms with Crippen molar-refractivity contribution in [1.82, 2.24) is 15.5 Å². The zero-order valence-corrected chi connectivity index (χ0v) is 24.4. The van der Waals surface area contributed by atoms with Crippen molar-refractivity contribution in [3.8, 4) is 5.75 Å². The highest BCUT2D eigenvalue weighted by Gasteiger charge is 2.34. The van der Waals surface area contributed by atoms with Crippen molar-refractivity contribution in [2.75, 3.05) is 26.3 Å². The summed E-state index contributed by atoms with van der Waals surface area (Å²) >= 11 is 8.86. The highest BCUT2D eigenvalue weighted by atomic mass is 79.9. The third kappa shape index (κ3) is 11.0. The van der Waals surface area contributed by atoms with Gasteiger partial charge >= 0.3 is 5.97 Å². The van der Waals surface area contributed by atoms with E-state index < -0.39 is 17.9 Å². The van der Waals surface area contributed by atoms with Crippen molar-refractivity contribution >= 4 is 51.0 Å². The molecule has 1 atom stereocenters. The number of hydrogen-bond donors (Lipinski definition) is 2. The van der Waals surface area contributed by atoms with E-state index >= 15 is 0 Å². The van der Waals surface area contributed by atoms with E-state index in [4.69, 9.17) is 21.7 Å². The number of piperazine rings is 1. The average Bonchev–Trinajstić information content (AvgIpc) is 2.88. The molecule has 2 rings (SSSR count). The molecule has 2 amide bonds. The number of nitrogens with zero attached hydrogens (tertiary/aromatic N) is 1. The van der Waals surface area contributed by atoms with Gasteiger partial charge in [-0.15, -0.1) is 0 Å². The molecule has 1 heterocycles. The molecule has 1 fully saturated rings. The van der Waals surface area contributed by atoms with Crippen LogP contribution >= 0.6 is 28.1 Å². The number of carbonyl (C=O) groups excluding carboxylic acids is 3. The largest absolute Gasteiger partial charge is 0.493 e. The Morgan fingerprint density at radius 2 is 1.78 bits per heavy atom. The van der Waals surface area contributed by atoms with Crippen molar-refractivity contribution < 1.29 is 23.9 Å². The molecule has 37 heavy (non-hydrogen) atoms. The van der Waals surface area contributed by atoms with Gasteiger partial charge in [-0.05, 0) is 43.3 Å². The van der Waals surface area contributed by atoms with Gasteiger partial charge in [0.1, 0.15) is 11.8 Å². The maximum Gasteiger partial charge on any atom is 0.308 e. The van der Waals surface area contributed by atoms with E-state index in [0.29, 0.717) is 37.6 Å². The Labute approximate surface area is 234 Å². The van der Waals surface area contributed by atoms with Crippen molar-refractivity contribution in [3.63, 3.8) is 0 Å². The van der Waals surface area contributed by atoms with Gasteiger partial charge < -0.3 is 19.7 Å². The molecule has 0 aliphatic carbocycles. The Morgan fingerprint density at radius 3 is 2.49 bits per heavy atom. The Bertz CT molecular complexity index is 914. The molecule has 0 saturated carbocycles. The second kappa shape index (κ2) is 17.3. The quantitative estimate of drug-likeness (QED) is 0.164. The van der Waals surface area contributed by atoms with Gasteiger partial charge in [0.2, 0.25) is 5.91 Å². The van der Waals surface area contributed by atoms with Gasteiger partial charge in [-0.2, -0.15) is 0 Å². The topological polar surface area (TPSA) is 97.0 Å². The normalized spacial score (nSPS) is 15.2. The first kappa shape index (κ1) is 31.0. The van der Waals surface area contributed by atoms with E-state index in [9.17, 15) is 14.4 Å². The van der Waals surface area contributed by atoms with Gasteiger partial charge in [-0.25, -0.2) is 0 Å². The Hall–Kier alpha value is -2.20. The van der Waals surface area contributed by atoms with Crippen molar-refractivity contribution in [2.24, 2.45) is 0 Å². The number of benzene rings is 1. The smallest absolute Gasteiger partial charge is 0.308 e. The number of amides is 2. The molecule has 206 valence electrons. The summed E-state index contributed by atoms with van der Waals surface area (Å²) in [5, 5.41) is 5.55. The van der Waals surface area contributed by atoms with Crippen molar-refractivity contribution in [3.05, 3.63) is 28.2 Å². The number of hydrogen-bond acceptors (Lipinski definition) is 6. The molecule has 1 aromatic rings. The van der Waals surface area contributed by atoms with Gasteiger partial charge in [0.05, 0.1) is 25.2 Å². The van der Waals surface area contributed by atoms with E-state index in [0.717, 1.165) is 30.2 Å². The number of thiocarbonyl (C=S) groups is 1. The minimum atomic E-state index is -0.842. The lowest BCUT2D eigenvalue weighted by Gasteiger charge is -2.36. The van der Waals surface area contributed by atoms with Crippen LogP contribution in [0.15, 0.2) is 22.7 Å². The first-order valence-electron chi connectivity index (χ1n) is 13.3. The monoisotopic (exact) mass is 597 g/mol. The summed E-state index contributed by atoms with van der Waals surface area (Å²) < 4.78 is 11.8. The molecule has 0 bridgehead atoms. The molecule has 0 spiro atoms. The van der Waals surface area contributed by atoms with Crippen LogP contribution in [0.2, 0.25) is 0 Å². The van der Waals surface area contributed by atoms with Crippen LogP contribution in [0.1, 0.15) is 88.4 Å². The van der Waals surface area contributed by atoms with E-state index in [2.05, 4.69) is 33.5 Å². The van der Waals surface area contributed by atoms with Gasteiger partial charge in [0.15, 0.2) is 5.11 Å². The Balaban J connectivity index is 1.87. The summed E-state index contributed by atoms with van der Waals surface area (Å²) in [5.41, 5.74) is 0.327. The number of esters is 1. The van der Waals surface area contributed by atoms with E-state index in [-0.39, 0.29) is 17.4 Å². The van der Waals surface area contributed by atoms with Gasteiger partial charge in [-0.1, -0.05) is 74.7 Å². The van der Waals surface area contributed by atoms with Crippen LogP contribution in [-0.2, 0) is 14.3 Å². The lowest BCUT2D eigenvalue weighted by atomic mass is 10.1. The molecule has 0 aromatic heterocycles. The minimum absolute atomic E-state index is 0.0853. The number of unbranched alkanes of at least 4 members (excludes halogenated alkanes) is 7. The third-order valence-electron chi connectivity index (χ3n) is 6.08. The maximum atomic E-state index is 13.0. The van der Waals surface area contributed by atoms with Gasteiger partial charge in [0, 0.05) is 17.6 Å². The number of rotatable bonds is 15.